The Kier molecular flexibility index (Phi) is 20.9. The molecule has 0 amide bonds. The van der Waals surface area contributed by atoms with Crippen LogP contribution in [0.25, 0.3) is 17.2 Å². The van der Waals surface area contributed by atoms with Crippen molar-refractivity contribution >= 4 is 30.0 Å². The molecule has 63 heavy (non-hydrogen) atoms. The minimum atomic E-state index is -0.898. The maximum absolute atomic E-state index is 12.8. The summed E-state index contributed by atoms with van der Waals surface area (Å²) in [5, 5.41) is 9.61. The molecular formula is C52H70O11. The zero-order valence-electron chi connectivity index (χ0n) is 38.0. The Morgan fingerprint density at radius 3 is 1.76 bits per heavy atom. The van der Waals surface area contributed by atoms with E-state index in [1.165, 1.54) is 6.08 Å². The van der Waals surface area contributed by atoms with Crippen molar-refractivity contribution in [3.05, 3.63) is 96.6 Å². The highest BCUT2D eigenvalue weighted by Gasteiger charge is 2.34. The highest BCUT2D eigenvalue weighted by molar-refractivity contribution is 5.88. The molecule has 2 aliphatic rings. The molecule has 2 aliphatic carbocycles. The van der Waals surface area contributed by atoms with E-state index in [0.29, 0.717) is 49.4 Å². The fourth-order valence-electron chi connectivity index (χ4n) is 7.92. The van der Waals surface area contributed by atoms with Gasteiger partial charge in [-0.15, -0.1) is 0 Å². The molecular weight excluding hydrogens is 801 g/mol. The summed E-state index contributed by atoms with van der Waals surface area (Å²) in [7, 11) is 0. The van der Waals surface area contributed by atoms with E-state index < -0.39 is 23.6 Å². The molecule has 0 spiro atoms. The topological polar surface area (TPSA) is 144 Å². The Morgan fingerprint density at radius 1 is 0.698 bits per heavy atom. The number of unbranched alkanes of at least 4 members (excludes halogenated alkanes) is 3. The number of hydrogen-bond acceptors (Lipinski definition) is 11. The Hall–Kier alpha value is -5.00. The zero-order chi connectivity index (χ0) is 45.8. The lowest BCUT2D eigenvalue weighted by Crippen LogP contribution is -2.33. The van der Waals surface area contributed by atoms with Crippen LogP contribution in [0.15, 0.2) is 91.1 Å². The van der Waals surface area contributed by atoms with Gasteiger partial charge in [0.15, 0.2) is 6.29 Å². The molecule has 2 fully saturated rings. The molecule has 11 nitrogen and oxygen atoms in total. The monoisotopic (exact) mass is 870 g/mol. The summed E-state index contributed by atoms with van der Waals surface area (Å²) in [6.45, 7) is 19.0. The minimum absolute atomic E-state index is 0.00483. The van der Waals surface area contributed by atoms with Crippen LogP contribution in [-0.4, -0.2) is 74.4 Å². The van der Waals surface area contributed by atoms with Gasteiger partial charge in [0.05, 0.1) is 25.7 Å². The van der Waals surface area contributed by atoms with Gasteiger partial charge < -0.3 is 33.5 Å². The summed E-state index contributed by atoms with van der Waals surface area (Å²) >= 11 is 0. The lowest BCUT2D eigenvalue weighted by atomic mass is 9.70. The summed E-state index contributed by atoms with van der Waals surface area (Å²) in [6.07, 6.45) is 14.0. The molecule has 0 saturated heterocycles. The second kappa shape index (κ2) is 25.9. The Balaban J connectivity index is 1.11. The number of ether oxygens (including phenoxy) is 6. The van der Waals surface area contributed by atoms with Gasteiger partial charge in [0.25, 0.3) is 0 Å². The van der Waals surface area contributed by atoms with Crippen LogP contribution >= 0.6 is 0 Å². The van der Waals surface area contributed by atoms with E-state index >= 15 is 0 Å². The van der Waals surface area contributed by atoms with E-state index in [1.54, 1.807) is 26.8 Å². The smallest absolute Gasteiger partial charge is 0.333 e. The number of aliphatic hydroxyl groups excluding tert-OH is 1. The molecule has 2 aromatic carbocycles. The SMILES string of the molecule is C=C(C)C(=O)OCC(C)(CCOc1ccc(-c2ccc(/C=C/C(=O)OC3CCC(C4CCC(C(=O)OCCCCCCOC(O)C(=C)C)CC4)CC3)cc2)cc1)COC(=O)C(=C)C. The van der Waals surface area contributed by atoms with Crippen molar-refractivity contribution in [3.8, 4) is 16.9 Å². The largest absolute Gasteiger partial charge is 0.494 e. The van der Waals surface area contributed by atoms with E-state index in [4.69, 9.17) is 28.4 Å². The van der Waals surface area contributed by atoms with Gasteiger partial charge in [0, 0.05) is 22.6 Å². The van der Waals surface area contributed by atoms with Crippen LogP contribution in [0.4, 0.5) is 0 Å². The Labute approximate surface area is 374 Å². The third kappa shape index (κ3) is 18.0. The fraction of sp³-hybridized carbons (Fsp3) is 0.538. The summed E-state index contributed by atoms with van der Waals surface area (Å²) in [5.41, 5.74) is 3.41. The number of esters is 4. The first-order valence-corrected chi connectivity index (χ1v) is 22.6. The molecule has 1 unspecified atom stereocenters. The normalized spacial score (nSPS) is 19.4. The highest BCUT2D eigenvalue weighted by atomic mass is 16.6. The average Bonchev–Trinajstić information content (AvgIpc) is 3.28. The second-order valence-corrected chi connectivity index (χ2v) is 17.8. The van der Waals surface area contributed by atoms with Gasteiger partial charge in [-0.25, -0.2) is 14.4 Å². The van der Waals surface area contributed by atoms with Crippen LogP contribution in [0.3, 0.4) is 0 Å². The molecule has 11 heteroatoms. The third-order valence-corrected chi connectivity index (χ3v) is 12.0. The molecule has 344 valence electrons. The van der Waals surface area contributed by atoms with Gasteiger partial charge in [-0.2, -0.15) is 0 Å². The maximum atomic E-state index is 12.8. The number of hydrogen-bond donors (Lipinski definition) is 1. The number of aliphatic hydroxyl groups is 1. The summed E-state index contributed by atoms with van der Waals surface area (Å²) in [4.78, 5) is 49.5. The number of benzene rings is 2. The predicted molar refractivity (Wildman–Crippen MR) is 244 cm³/mol. The summed E-state index contributed by atoms with van der Waals surface area (Å²) in [6, 6.07) is 15.7. The van der Waals surface area contributed by atoms with E-state index in [2.05, 4.69) is 19.7 Å². The number of carbonyl (C=O) groups excluding carboxylic acids is 4. The third-order valence-electron chi connectivity index (χ3n) is 12.0. The van der Waals surface area contributed by atoms with E-state index in [9.17, 15) is 24.3 Å². The number of carbonyl (C=O) groups is 4. The molecule has 2 saturated carbocycles. The Morgan fingerprint density at radius 2 is 1.22 bits per heavy atom. The second-order valence-electron chi connectivity index (χ2n) is 17.8. The standard InChI is InChI=1S/C52H70O11/c1-36(2)48(54)59-31-10-8-9-11-32-60-51(57)44-19-17-41(18-20-44)43-23-27-46(28-24-43)63-47(53)29-14-39-12-15-40(16-13-39)42-21-25-45(26-22-42)58-33-30-52(7,34-61-49(55)37(3)4)35-62-50(56)38(5)6/h12-16,21-22,25-26,29,41,43-44,46,48,54H,1,3,5,8-11,17-20,23-24,27-28,30-35H2,2,4,6-7H3/b29-14+. The van der Waals surface area contributed by atoms with Crippen LogP contribution in [0.1, 0.15) is 117 Å². The summed E-state index contributed by atoms with van der Waals surface area (Å²) in [5.74, 6) is 0.486. The highest BCUT2D eigenvalue weighted by Crippen LogP contribution is 2.41. The van der Waals surface area contributed by atoms with Gasteiger partial charge in [-0.05, 0) is 150 Å². The van der Waals surface area contributed by atoms with Crippen molar-refractivity contribution in [3.63, 3.8) is 0 Å². The molecule has 2 aromatic rings. The van der Waals surface area contributed by atoms with Crippen molar-refractivity contribution in [2.75, 3.05) is 33.0 Å². The molecule has 0 heterocycles. The molecule has 0 bridgehead atoms. The van der Waals surface area contributed by atoms with Gasteiger partial charge in [-0.3, -0.25) is 4.79 Å². The summed E-state index contributed by atoms with van der Waals surface area (Å²) < 4.78 is 33.5. The number of rotatable bonds is 25. The quantitative estimate of drug-likeness (QED) is 0.0254. The van der Waals surface area contributed by atoms with E-state index in [-0.39, 0.29) is 48.3 Å². The first-order valence-electron chi connectivity index (χ1n) is 22.6. The fourth-order valence-corrected chi connectivity index (χ4v) is 7.92. The van der Waals surface area contributed by atoms with Crippen molar-refractivity contribution in [1.82, 2.24) is 0 Å². The average molecular weight is 871 g/mol. The zero-order valence-corrected chi connectivity index (χ0v) is 38.0. The van der Waals surface area contributed by atoms with Crippen LogP contribution in [-0.2, 0) is 42.9 Å². The lowest BCUT2D eigenvalue weighted by molar-refractivity contribution is -0.151. The van der Waals surface area contributed by atoms with Crippen molar-refractivity contribution in [2.45, 2.75) is 124 Å². The Bertz CT molecular complexity index is 1810. The van der Waals surface area contributed by atoms with Gasteiger partial charge in [-0.1, -0.05) is 69.5 Å². The maximum Gasteiger partial charge on any atom is 0.333 e. The van der Waals surface area contributed by atoms with E-state index in [0.717, 1.165) is 93.7 Å². The van der Waals surface area contributed by atoms with Gasteiger partial charge in [0.1, 0.15) is 25.1 Å². The van der Waals surface area contributed by atoms with Crippen molar-refractivity contribution < 1.29 is 52.7 Å². The molecule has 1 atom stereocenters. The molecule has 0 aliphatic heterocycles. The van der Waals surface area contributed by atoms with Crippen LogP contribution < -0.4 is 4.74 Å². The molecule has 4 rings (SSSR count). The molecule has 0 aromatic heterocycles. The van der Waals surface area contributed by atoms with Gasteiger partial charge in [0.2, 0.25) is 0 Å². The first-order chi connectivity index (χ1) is 30.1. The van der Waals surface area contributed by atoms with Crippen molar-refractivity contribution in [1.29, 1.82) is 0 Å². The first kappa shape index (κ1) is 50.6. The lowest BCUT2D eigenvalue weighted by Gasteiger charge is -2.37. The van der Waals surface area contributed by atoms with Crippen LogP contribution in [0.2, 0.25) is 0 Å². The van der Waals surface area contributed by atoms with Crippen LogP contribution in [0.5, 0.6) is 5.75 Å². The molecule has 1 N–H and O–H groups in total. The predicted octanol–water partition coefficient (Wildman–Crippen LogP) is 10.3. The van der Waals surface area contributed by atoms with E-state index in [1.807, 2.05) is 55.5 Å². The van der Waals surface area contributed by atoms with Crippen molar-refractivity contribution in [2.24, 2.45) is 23.2 Å². The minimum Gasteiger partial charge on any atom is -0.494 e. The molecule has 0 radical (unpaired) electrons. The van der Waals surface area contributed by atoms with Crippen LogP contribution in [0, 0.1) is 23.2 Å². The van der Waals surface area contributed by atoms with Gasteiger partial charge >= 0.3 is 23.9 Å².